The molecule has 5 rings (SSSR count). The van der Waals surface area contributed by atoms with Crippen molar-refractivity contribution in [1.82, 2.24) is 0 Å². The van der Waals surface area contributed by atoms with Crippen LogP contribution in [0.15, 0.2) is 42.0 Å². The molecule has 1 spiro atoms. The number of carbonyl (C=O) groups is 2. The van der Waals surface area contributed by atoms with E-state index in [1.54, 1.807) is 0 Å². The fraction of sp³-hybridized carbons (Fsp3) is 0.467. The van der Waals surface area contributed by atoms with Gasteiger partial charge in [0.25, 0.3) is 0 Å². The van der Waals surface area contributed by atoms with E-state index in [4.69, 9.17) is 4.74 Å². The first kappa shape index (κ1) is 23.7. The first-order valence-electron chi connectivity index (χ1n) is 12.8. The van der Waals surface area contributed by atoms with Gasteiger partial charge in [0, 0.05) is 17.9 Å². The molecule has 184 valence electrons. The summed E-state index contributed by atoms with van der Waals surface area (Å²) in [7, 11) is 0. The Balaban J connectivity index is 1.73. The maximum absolute atomic E-state index is 12.2. The van der Waals surface area contributed by atoms with Gasteiger partial charge in [-0.3, -0.25) is 9.59 Å². The van der Waals surface area contributed by atoms with Crippen molar-refractivity contribution in [3.8, 4) is 17.2 Å². The van der Waals surface area contributed by atoms with Crippen molar-refractivity contribution in [2.24, 2.45) is 23.7 Å². The topological polar surface area (TPSA) is 83.8 Å². The lowest BCUT2D eigenvalue weighted by Crippen LogP contribution is -2.45. The predicted molar refractivity (Wildman–Crippen MR) is 134 cm³/mol. The monoisotopic (exact) mass is 474 g/mol. The zero-order chi connectivity index (χ0) is 24.9. The normalized spacial score (nSPS) is 29.7. The molecule has 0 radical (unpaired) electrons. The molecule has 0 bridgehead atoms. The Morgan fingerprint density at radius 2 is 1.71 bits per heavy atom. The SMILES string of the molecule is CC(C)[C@@H]1CC[C@@H](C)[C@H]2CC[C@@]3(C=C12)C[C@@H](c1ccccc1)c1c(O)c(C=O)c(O)c(C=O)c1O3. The molecule has 1 aliphatic heterocycles. The van der Waals surface area contributed by atoms with E-state index in [2.05, 4.69) is 26.8 Å². The van der Waals surface area contributed by atoms with Crippen molar-refractivity contribution < 1.29 is 24.5 Å². The summed E-state index contributed by atoms with van der Waals surface area (Å²) in [6, 6.07) is 9.83. The van der Waals surface area contributed by atoms with Crippen LogP contribution in [0.25, 0.3) is 0 Å². The molecule has 0 unspecified atom stereocenters. The molecule has 1 heterocycles. The van der Waals surface area contributed by atoms with E-state index in [1.807, 2.05) is 30.3 Å². The number of carbonyl (C=O) groups excluding carboxylic acids is 2. The van der Waals surface area contributed by atoms with Gasteiger partial charge in [-0.25, -0.2) is 0 Å². The van der Waals surface area contributed by atoms with E-state index in [0.717, 1.165) is 18.4 Å². The van der Waals surface area contributed by atoms with Crippen molar-refractivity contribution in [2.45, 2.75) is 64.4 Å². The summed E-state index contributed by atoms with van der Waals surface area (Å²) in [5.41, 5.74) is 1.85. The van der Waals surface area contributed by atoms with Crippen molar-refractivity contribution in [1.29, 1.82) is 0 Å². The number of aldehydes is 2. The molecule has 0 amide bonds. The molecular weight excluding hydrogens is 440 g/mol. The van der Waals surface area contributed by atoms with Crippen LogP contribution in [0.3, 0.4) is 0 Å². The lowest BCUT2D eigenvalue weighted by atomic mass is 9.60. The van der Waals surface area contributed by atoms with Crippen molar-refractivity contribution in [3.63, 3.8) is 0 Å². The molecule has 35 heavy (non-hydrogen) atoms. The molecule has 3 aliphatic rings. The minimum absolute atomic E-state index is 0.0714. The number of rotatable bonds is 4. The highest BCUT2D eigenvalue weighted by molar-refractivity contribution is 5.95. The lowest BCUT2D eigenvalue weighted by molar-refractivity contribution is 0.0487. The van der Waals surface area contributed by atoms with Crippen LogP contribution in [-0.4, -0.2) is 28.4 Å². The van der Waals surface area contributed by atoms with E-state index in [-0.39, 0.29) is 28.5 Å². The molecule has 2 aromatic carbocycles. The summed E-state index contributed by atoms with van der Waals surface area (Å²) in [6.07, 6.45) is 8.06. The van der Waals surface area contributed by atoms with Gasteiger partial charge in [-0.15, -0.1) is 0 Å². The number of phenols is 2. The number of phenolic OH excluding ortho intramolecular Hbond substituents is 2. The maximum atomic E-state index is 12.2. The Kier molecular flexibility index (Phi) is 5.98. The van der Waals surface area contributed by atoms with Gasteiger partial charge in [0.15, 0.2) is 12.6 Å². The van der Waals surface area contributed by atoms with Crippen LogP contribution in [-0.2, 0) is 0 Å². The maximum Gasteiger partial charge on any atom is 0.157 e. The molecule has 0 aromatic heterocycles. The largest absolute Gasteiger partial charge is 0.507 e. The van der Waals surface area contributed by atoms with Gasteiger partial charge in [-0.2, -0.15) is 0 Å². The van der Waals surface area contributed by atoms with Gasteiger partial charge in [0.05, 0.1) is 11.1 Å². The summed E-state index contributed by atoms with van der Waals surface area (Å²) < 4.78 is 6.66. The van der Waals surface area contributed by atoms with Crippen molar-refractivity contribution >= 4 is 12.6 Å². The number of aromatic hydroxyl groups is 2. The fourth-order valence-corrected chi connectivity index (χ4v) is 6.89. The lowest BCUT2D eigenvalue weighted by Gasteiger charge is -2.49. The number of hydrogen-bond acceptors (Lipinski definition) is 5. The highest BCUT2D eigenvalue weighted by Gasteiger charge is 2.48. The van der Waals surface area contributed by atoms with Gasteiger partial charge in [-0.05, 0) is 61.0 Å². The average Bonchev–Trinajstić information content (AvgIpc) is 2.84. The average molecular weight is 475 g/mol. The first-order valence-corrected chi connectivity index (χ1v) is 12.8. The minimum atomic E-state index is -0.650. The standard InChI is InChI=1S/C30H34O5/c1-17(2)20-10-9-18(3)21-11-12-30(14-23(20)21)13-22(19-7-5-4-6-8-19)26-28(34)24(15-31)27(33)25(16-32)29(26)35-30/h4-8,14-18,20-22,33-34H,9-13H2,1-3H3/t18-,20+,21-,22+,30+/m1/s1. The third-order valence-corrected chi connectivity index (χ3v) is 8.74. The molecule has 2 aliphatic carbocycles. The van der Waals surface area contributed by atoms with Crippen LogP contribution in [0.2, 0.25) is 0 Å². The fourth-order valence-electron chi connectivity index (χ4n) is 6.89. The summed E-state index contributed by atoms with van der Waals surface area (Å²) in [6.45, 7) is 6.91. The highest BCUT2D eigenvalue weighted by atomic mass is 16.5. The number of ether oxygens (including phenoxy) is 1. The second-order valence-electron chi connectivity index (χ2n) is 11.0. The summed E-state index contributed by atoms with van der Waals surface area (Å²) in [5, 5.41) is 21.8. The third kappa shape index (κ3) is 3.76. The first-order chi connectivity index (χ1) is 16.8. The Labute approximate surface area is 206 Å². The zero-order valence-corrected chi connectivity index (χ0v) is 20.7. The smallest absolute Gasteiger partial charge is 0.157 e. The number of hydrogen-bond donors (Lipinski definition) is 2. The Bertz CT molecular complexity index is 1180. The Hall–Kier alpha value is -3.08. The van der Waals surface area contributed by atoms with Crippen LogP contribution < -0.4 is 4.74 Å². The quantitative estimate of drug-likeness (QED) is 0.395. The molecule has 0 saturated heterocycles. The second kappa shape index (κ2) is 8.85. The van der Waals surface area contributed by atoms with Crippen LogP contribution >= 0.6 is 0 Å². The summed E-state index contributed by atoms with van der Waals surface area (Å²) in [4.78, 5) is 23.9. The van der Waals surface area contributed by atoms with Gasteiger partial charge in [0.1, 0.15) is 22.8 Å². The molecule has 2 N–H and O–H groups in total. The molecular formula is C30H34O5. The van der Waals surface area contributed by atoms with E-state index in [0.29, 0.717) is 48.2 Å². The zero-order valence-electron chi connectivity index (χ0n) is 20.7. The van der Waals surface area contributed by atoms with Crippen LogP contribution in [0.5, 0.6) is 17.2 Å². The van der Waals surface area contributed by atoms with E-state index < -0.39 is 11.4 Å². The molecule has 1 fully saturated rings. The molecule has 1 saturated carbocycles. The number of fused-ring (bicyclic) bond motifs is 2. The van der Waals surface area contributed by atoms with Crippen LogP contribution in [0, 0.1) is 23.7 Å². The van der Waals surface area contributed by atoms with Gasteiger partial charge in [0.2, 0.25) is 0 Å². The molecule has 5 heteroatoms. The molecule has 5 nitrogen and oxygen atoms in total. The van der Waals surface area contributed by atoms with E-state index in [9.17, 15) is 19.8 Å². The van der Waals surface area contributed by atoms with Gasteiger partial charge < -0.3 is 14.9 Å². The van der Waals surface area contributed by atoms with Crippen LogP contribution in [0.4, 0.5) is 0 Å². The van der Waals surface area contributed by atoms with Crippen molar-refractivity contribution in [3.05, 3.63) is 64.2 Å². The number of allylic oxidation sites excluding steroid dienone is 1. The summed E-state index contributed by atoms with van der Waals surface area (Å²) in [5.74, 6) is 1.26. The minimum Gasteiger partial charge on any atom is -0.507 e. The number of benzene rings is 2. The van der Waals surface area contributed by atoms with E-state index >= 15 is 0 Å². The van der Waals surface area contributed by atoms with Gasteiger partial charge in [-0.1, -0.05) is 56.7 Å². The van der Waals surface area contributed by atoms with Crippen molar-refractivity contribution in [2.75, 3.05) is 0 Å². The van der Waals surface area contributed by atoms with Crippen LogP contribution in [0.1, 0.15) is 90.6 Å². The predicted octanol–water partition coefficient (Wildman–Crippen LogP) is 6.41. The second-order valence-corrected chi connectivity index (χ2v) is 11.0. The third-order valence-electron chi connectivity index (χ3n) is 8.74. The van der Waals surface area contributed by atoms with Gasteiger partial charge >= 0.3 is 0 Å². The Morgan fingerprint density at radius 3 is 2.37 bits per heavy atom. The molecule has 5 atom stereocenters. The highest BCUT2D eigenvalue weighted by Crippen LogP contribution is 2.57. The van der Waals surface area contributed by atoms with E-state index in [1.165, 1.54) is 18.4 Å². The molecule has 2 aromatic rings. The summed E-state index contributed by atoms with van der Waals surface area (Å²) >= 11 is 0. The Morgan fingerprint density at radius 1 is 1.00 bits per heavy atom.